The van der Waals surface area contributed by atoms with E-state index in [-0.39, 0.29) is 12.5 Å². The number of hydrogen-bond acceptors (Lipinski definition) is 4. The number of nitrogens with zero attached hydrogens (tertiary/aromatic N) is 1. The zero-order valence-corrected chi connectivity index (χ0v) is 14.0. The van der Waals surface area contributed by atoms with Gasteiger partial charge in [0.25, 0.3) is 5.91 Å². The third-order valence-electron chi connectivity index (χ3n) is 3.42. The molecule has 2 rings (SSSR count). The molecule has 1 unspecified atom stereocenters. The molecule has 0 bridgehead atoms. The van der Waals surface area contributed by atoms with Crippen LogP contribution in [-0.4, -0.2) is 60.9 Å². The van der Waals surface area contributed by atoms with E-state index >= 15 is 0 Å². The fourth-order valence-corrected chi connectivity index (χ4v) is 2.88. The maximum absolute atomic E-state index is 12.1. The van der Waals surface area contributed by atoms with E-state index in [0.29, 0.717) is 35.4 Å². The summed E-state index contributed by atoms with van der Waals surface area (Å²) in [6, 6.07) is 4.65. The van der Waals surface area contributed by atoms with Crippen LogP contribution in [0.5, 0.6) is 0 Å². The number of halogens is 2. The topological polar surface area (TPSA) is 61.8 Å². The number of β-amino-alcohol motifs (C(OH)–C–C–N with tert-alkyl or cyclic N) is 1. The van der Waals surface area contributed by atoms with Gasteiger partial charge >= 0.3 is 0 Å². The first kappa shape index (κ1) is 17.5. The van der Waals surface area contributed by atoms with E-state index in [1.807, 2.05) is 0 Å². The molecule has 1 aromatic rings. The number of benzene rings is 1. The van der Waals surface area contributed by atoms with Gasteiger partial charge in [-0.1, -0.05) is 23.2 Å². The summed E-state index contributed by atoms with van der Waals surface area (Å²) in [4.78, 5) is 14.2. The van der Waals surface area contributed by atoms with E-state index in [9.17, 15) is 9.90 Å². The van der Waals surface area contributed by atoms with Gasteiger partial charge in [0.1, 0.15) is 0 Å². The van der Waals surface area contributed by atoms with Crippen molar-refractivity contribution in [2.75, 3.05) is 39.4 Å². The highest BCUT2D eigenvalue weighted by Gasteiger charge is 2.26. The second-order valence-corrected chi connectivity index (χ2v) is 6.60. The van der Waals surface area contributed by atoms with Gasteiger partial charge in [-0.3, -0.25) is 9.69 Å². The lowest BCUT2D eigenvalue weighted by atomic mass is 10.1. The van der Waals surface area contributed by atoms with Crippen molar-refractivity contribution in [3.05, 3.63) is 33.8 Å². The summed E-state index contributed by atoms with van der Waals surface area (Å²) < 4.78 is 5.27. The number of hydrogen-bond donors (Lipinski definition) is 2. The van der Waals surface area contributed by atoms with E-state index in [0.717, 1.165) is 13.1 Å². The third kappa shape index (κ3) is 5.41. The molecule has 1 fully saturated rings. The lowest BCUT2D eigenvalue weighted by Crippen LogP contribution is -2.51. The predicted octanol–water partition coefficient (Wildman–Crippen LogP) is 1.81. The van der Waals surface area contributed by atoms with Crippen molar-refractivity contribution in [1.82, 2.24) is 10.2 Å². The Morgan fingerprint density at radius 3 is 2.50 bits per heavy atom. The molecule has 0 aromatic heterocycles. The van der Waals surface area contributed by atoms with Crippen LogP contribution in [0.25, 0.3) is 0 Å². The first-order valence-electron chi connectivity index (χ1n) is 7.12. The minimum Gasteiger partial charge on any atom is -0.387 e. The molecule has 0 aliphatic carbocycles. The number of nitrogens with one attached hydrogen (secondary N) is 1. The summed E-state index contributed by atoms with van der Waals surface area (Å²) >= 11 is 11.8. The van der Waals surface area contributed by atoms with E-state index in [2.05, 4.69) is 10.2 Å². The summed E-state index contributed by atoms with van der Waals surface area (Å²) in [5.74, 6) is -0.313. The first-order chi connectivity index (χ1) is 10.4. The van der Waals surface area contributed by atoms with Gasteiger partial charge in [0, 0.05) is 41.8 Å². The van der Waals surface area contributed by atoms with Crippen LogP contribution < -0.4 is 5.32 Å². The highest BCUT2D eigenvalue weighted by molar-refractivity contribution is 6.35. The Balaban J connectivity index is 1.88. The Bertz CT molecular complexity index is 511. The molecule has 0 spiro atoms. The van der Waals surface area contributed by atoms with Crippen LogP contribution in [0.4, 0.5) is 0 Å². The van der Waals surface area contributed by atoms with E-state index in [1.165, 1.54) is 0 Å². The van der Waals surface area contributed by atoms with Gasteiger partial charge < -0.3 is 15.2 Å². The average Bonchev–Trinajstić information content (AvgIpc) is 2.44. The molecule has 1 saturated heterocycles. The van der Waals surface area contributed by atoms with Crippen molar-refractivity contribution in [2.24, 2.45) is 0 Å². The van der Waals surface area contributed by atoms with E-state index < -0.39 is 5.60 Å². The van der Waals surface area contributed by atoms with Crippen molar-refractivity contribution in [2.45, 2.75) is 12.5 Å². The number of ether oxygens (including phenoxy) is 1. The highest BCUT2D eigenvalue weighted by atomic mass is 35.5. The number of amides is 1. The molecule has 1 aromatic carbocycles. The van der Waals surface area contributed by atoms with Gasteiger partial charge in [-0.05, 0) is 25.1 Å². The van der Waals surface area contributed by atoms with Crippen LogP contribution in [0.1, 0.15) is 17.3 Å². The molecule has 122 valence electrons. The van der Waals surface area contributed by atoms with Gasteiger partial charge in [-0.25, -0.2) is 0 Å². The van der Waals surface area contributed by atoms with Crippen molar-refractivity contribution in [1.29, 1.82) is 0 Å². The molecule has 2 N–H and O–H groups in total. The van der Waals surface area contributed by atoms with Crippen LogP contribution in [0.2, 0.25) is 10.0 Å². The lowest BCUT2D eigenvalue weighted by Gasteiger charge is -2.33. The minimum atomic E-state index is -1.02. The van der Waals surface area contributed by atoms with E-state index in [4.69, 9.17) is 27.9 Å². The smallest absolute Gasteiger partial charge is 0.251 e. The van der Waals surface area contributed by atoms with Gasteiger partial charge in [0.2, 0.25) is 0 Å². The van der Waals surface area contributed by atoms with Crippen LogP contribution >= 0.6 is 23.2 Å². The highest BCUT2D eigenvalue weighted by Crippen LogP contribution is 2.19. The van der Waals surface area contributed by atoms with Crippen molar-refractivity contribution >= 4 is 29.1 Å². The Hall–Kier alpha value is -0.850. The zero-order chi connectivity index (χ0) is 16.2. The minimum absolute atomic E-state index is 0.146. The molecule has 5 nitrogen and oxygen atoms in total. The Morgan fingerprint density at radius 2 is 1.91 bits per heavy atom. The van der Waals surface area contributed by atoms with Crippen molar-refractivity contribution < 1.29 is 14.6 Å². The first-order valence-corrected chi connectivity index (χ1v) is 7.88. The van der Waals surface area contributed by atoms with E-state index in [1.54, 1.807) is 25.1 Å². The Kier molecular flexibility index (Phi) is 6.06. The fourth-order valence-electron chi connectivity index (χ4n) is 2.35. The van der Waals surface area contributed by atoms with Gasteiger partial charge in [-0.15, -0.1) is 0 Å². The molecule has 0 saturated carbocycles. The second kappa shape index (κ2) is 7.62. The molecular formula is C15H20Cl2N2O3. The number of aliphatic hydroxyl groups is 1. The standard InChI is InChI=1S/C15H20Cl2N2O3/c1-15(21,10-19-2-4-22-5-3-19)9-18-14(20)11-6-12(16)8-13(17)7-11/h6-8,21H,2-5,9-10H2,1H3,(H,18,20). The summed E-state index contributed by atoms with van der Waals surface area (Å²) in [7, 11) is 0. The number of carbonyl (C=O) groups is 1. The molecule has 1 aliphatic heterocycles. The summed E-state index contributed by atoms with van der Waals surface area (Å²) in [5, 5.41) is 13.9. The predicted molar refractivity (Wildman–Crippen MR) is 86.7 cm³/mol. The third-order valence-corrected chi connectivity index (χ3v) is 3.86. The summed E-state index contributed by atoms with van der Waals surface area (Å²) in [5.41, 5.74) is -0.644. The zero-order valence-electron chi connectivity index (χ0n) is 12.4. The second-order valence-electron chi connectivity index (χ2n) is 5.73. The summed E-state index contributed by atoms with van der Waals surface area (Å²) in [6.45, 7) is 5.24. The molecule has 0 radical (unpaired) electrons. The maximum Gasteiger partial charge on any atom is 0.251 e. The monoisotopic (exact) mass is 346 g/mol. The largest absolute Gasteiger partial charge is 0.387 e. The number of rotatable bonds is 5. The SMILES string of the molecule is CC(O)(CNC(=O)c1cc(Cl)cc(Cl)c1)CN1CCOCC1. The van der Waals surface area contributed by atoms with Crippen LogP contribution in [-0.2, 0) is 4.74 Å². The maximum atomic E-state index is 12.1. The van der Waals surface area contributed by atoms with Crippen molar-refractivity contribution in [3.8, 4) is 0 Å². The molecule has 1 amide bonds. The molecule has 1 atom stereocenters. The Labute approximate surface area is 140 Å². The van der Waals surface area contributed by atoms with Crippen molar-refractivity contribution in [3.63, 3.8) is 0 Å². The molecule has 1 aliphatic rings. The van der Waals surface area contributed by atoms with Crippen LogP contribution in [0, 0.1) is 0 Å². The molecular weight excluding hydrogens is 327 g/mol. The average molecular weight is 347 g/mol. The van der Waals surface area contributed by atoms with Crippen LogP contribution in [0.15, 0.2) is 18.2 Å². The fraction of sp³-hybridized carbons (Fsp3) is 0.533. The van der Waals surface area contributed by atoms with Gasteiger partial charge in [0.15, 0.2) is 0 Å². The quantitative estimate of drug-likeness (QED) is 0.853. The van der Waals surface area contributed by atoms with Gasteiger partial charge in [-0.2, -0.15) is 0 Å². The molecule has 22 heavy (non-hydrogen) atoms. The molecule has 7 heteroatoms. The number of carbonyl (C=O) groups excluding carboxylic acids is 1. The Morgan fingerprint density at radius 1 is 1.32 bits per heavy atom. The lowest BCUT2D eigenvalue weighted by molar-refractivity contribution is -0.0213. The van der Waals surface area contributed by atoms with Gasteiger partial charge in [0.05, 0.1) is 18.8 Å². The number of morpholine rings is 1. The van der Waals surface area contributed by atoms with Crippen LogP contribution in [0.3, 0.4) is 0 Å². The normalized spacial score (nSPS) is 18.7. The molecule has 1 heterocycles. The summed E-state index contributed by atoms with van der Waals surface area (Å²) in [6.07, 6.45) is 0.